The number of carbonyl (C=O) groups is 1. The van der Waals surface area contributed by atoms with Crippen LogP contribution < -0.4 is 10.6 Å². The van der Waals surface area contributed by atoms with Crippen LogP contribution in [0.4, 0.5) is 18.9 Å². The molecule has 0 aliphatic carbocycles. The Balaban J connectivity index is 2.06. The molecule has 1 unspecified atom stereocenters. The van der Waals surface area contributed by atoms with E-state index in [1.54, 1.807) is 18.2 Å². The Hall–Kier alpha value is -2.06. The molecular formula is C22H31F3N2O3. The molecule has 1 aromatic carbocycles. The molecule has 1 aliphatic rings. The van der Waals surface area contributed by atoms with E-state index in [2.05, 4.69) is 10.6 Å². The largest absolute Gasteiger partial charge is 0.405 e. The number of allylic oxidation sites excluding steroid dienone is 1. The zero-order valence-corrected chi connectivity index (χ0v) is 18.0. The summed E-state index contributed by atoms with van der Waals surface area (Å²) in [6.45, 7) is 8.70. The van der Waals surface area contributed by atoms with Crippen LogP contribution in [0, 0.1) is 0 Å². The quantitative estimate of drug-likeness (QED) is 0.681. The van der Waals surface area contributed by atoms with E-state index in [1.165, 1.54) is 0 Å². The molecule has 1 amide bonds. The monoisotopic (exact) mass is 428 g/mol. The fourth-order valence-electron chi connectivity index (χ4n) is 2.91. The molecule has 30 heavy (non-hydrogen) atoms. The molecule has 5 nitrogen and oxygen atoms in total. The summed E-state index contributed by atoms with van der Waals surface area (Å²) in [5.74, 6) is -0.147. The number of alkyl halides is 3. The molecule has 0 bridgehead atoms. The number of carbonyl (C=O) groups excluding carboxylic acids is 1. The summed E-state index contributed by atoms with van der Waals surface area (Å²) in [5.41, 5.74) is 2.69. The highest BCUT2D eigenvalue weighted by Crippen LogP contribution is 2.30. The Bertz CT molecular complexity index is 749. The summed E-state index contributed by atoms with van der Waals surface area (Å²) in [5, 5.41) is 5.27. The van der Waals surface area contributed by atoms with Gasteiger partial charge in [0, 0.05) is 18.7 Å². The maximum atomic E-state index is 12.6. The van der Waals surface area contributed by atoms with Crippen molar-refractivity contribution >= 4 is 17.2 Å². The molecule has 2 N–H and O–H groups in total. The Labute approximate surface area is 176 Å². The van der Waals surface area contributed by atoms with Gasteiger partial charge in [0.25, 0.3) is 0 Å². The van der Waals surface area contributed by atoms with Crippen LogP contribution >= 0.6 is 0 Å². The van der Waals surface area contributed by atoms with Crippen LogP contribution in [0.3, 0.4) is 0 Å². The average Bonchev–Trinajstić information content (AvgIpc) is 2.68. The summed E-state index contributed by atoms with van der Waals surface area (Å²) < 4.78 is 48.6. The fourth-order valence-corrected chi connectivity index (χ4v) is 2.91. The van der Waals surface area contributed by atoms with Crippen molar-refractivity contribution in [2.45, 2.75) is 51.8 Å². The van der Waals surface area contributed by atoms with Gasteiger partial charge in [-0.3, -0.25) is 4.79 Å². The second-order valence-corrected chi connectivity index (χ2v) is 8.48. The first-order valence-corrected chi connectivity index (χ1v) is 10.0. The minimum Gasteiger partial charge on any atom is -0.376 e. The second-order valence-electron chi connectivity index (χ2n) is 8.48. The van der Waals surface area contributed by atoms with Gasteiger partial charge in [0.05, 0.1) is 25.9 Å². The van der Waals surface area contributed by atoms with Crippen LogP contribution in [0.2, 0.25) is 0 Å². The van der Waals surface area contributed by atoms with Gasteiger partial charge in [0.15, 0.2) is 0 Å². The van der Waals surface area contributed by atoms with Crippen LogP contribution in [0.1, 0.15) is 45.2 Å². The van der Waals surface area contributed by atoms with Crippen LogP contribution in [-0.2, 0) is 19.7 Å². The van der Waals surface area contributed by atoms with E-state index in [-0.39, 0.29) is 23.8 Å². The highest BCUT2D eigenvalue weighted by Gasteiger charge is 2.27. The van der Waals surface area contributed by atoms with Gasteiger partial charge in [0.1, 0.15) is 6.54 Å². The SMILES string of the molecule is C/C(=C/CC(=O)NCC1COCCO1)c1cc(NCC(F)(F)F)cc(C(C)(C)C)c1. The van der Waals surface area contributed by atoms with Crippen molar-refractivity contribution in [1.29, 1.82) is 0 Å². The smallest absolute Gasteiger partial charge is 0.376 e. The number of nitrogens with one attached hydrogen (secondary N) is 2. The van der Waals surface area contributed by atoms with E-state index in [9.17, 15) is 18.0 Å². The van der Waals surface area contributed by atoms with Crippen molar-refractivity contribution in [3.8, 4) is 0 Å². The van der Waals surface area contributed by atoms with E-state index in [0.717, 1.165) is 16.7 Å². The molecule has 168 valence electrons. The third-order valence-corrected chi connectivity index (χ3v) is 4.75. The summed E-state index contributed by atoms with van der Waals surface area (Å²) in [7, 11) is 0. The molecule has 1 aromatic rings. The van der Waals surface area contributed by atoms with Gasteiger partial charge in [-0.15, -0.1) is 0 Å². The number of halogens is 3. The first-order chi connectivity index (χ1) is 13.9. The van der Waals surface area contributed by atoms with Gasteiger partial charge < -0.3 is 20.1 Å². The standard InChI is InChI=1S/C22H31F3N2O3/c1-15(5-6-20(28)26-12-19-13-29-7-8-30-19)16-9-17(21(2,3)4)11-18(10-16)27-14-22(23,24)25/h5,9-11,19,27H,6-8,12-14H2,1-4H3,(H,26,28)/b15-5-. The Kier molecular flexibility index (Phi) is 8.32. The Morgan fingerprint density at radius 3 is 2.53 bits per heavy atom. The molecule has 0 radical (unpaired) electrons. The normalized spacial score (nSPS) is 18.2. The number of hydrogen-bond acceptors (Lipinski definition) is 4. The van der Waals surface area contributed by atoms with Crippen molar-refractivity contribution in [3.05, 3.63) is 35.4 Å². The molecule has 2 rings (SSSR count). The van der Waals surface area contributed by atoms with Crippen LogP contribution in [0.25, 0.3) is 5.57 Å². The van der Waals surface area contributed by atoms with E-state index in [0.29, 0.717) is 32.1 Å². The molecule has 1 heterocycles. The van der Waals surface area contributed by atoms with Crippen LogP contribution in [0.15, 0.2) is 24.3 Å². The first kappa shape index (κ1) is 24.2. The van der Waals surface area contributed by atoms with E-state index in [4.69, 9.17) is 9.47 Å². The van der Waals surface area contributed by atoms with Gasteiger partial charge in [-0.2, -0.15) is 13.2 Å². The molecule has 1 atom stereocenters. The Morgan fingerprint density at radius 1 is 1.20 bits per heavy atom. The molecule has 0 saturated carbocycles. The summed E-state index contributed by atoms with van der Waals surface area (Å²) in [4.78, 5) is 12.1. The van der Waals surface area contributed by atoms with E-state index < -0.39 is 12.7 Å². The average molecular weight is 428 g/mol. The molecule has 1 aliphatic heterocycles. The molecule has 0 spiro atoms. The Morgan fingerprint density at radius 2 is 1.93 bits per heavy atom. The lowest BCUT2D eigenvalue weighted by molar-refractivity contribution is -0.123. The molecule has 0 aromatic heterocycles. The summed E-state index contributed by atoms with van der Waals surface area (Å²) in [6, 6.07) is 5.37. The maximum absolute atomic E-state index is 12.6. The molecule has 1 saturated heterocycles. The van der Waals surface area contributed by atoms with Crippen molar-refractivity contribution in [3.63, 3.8) is 0 Å². The highest BCUT2D eigenvalue weighted by atomic mass is 19.4. The van der Waals surface area contributed by atoms with Crippen molar-refractivity contribution in [2.75, 3.05) is 38.2 Å². The topological polar surface area (TPSA) is 59.6 Å². The summed E-state index contributed by atoms with van der Waals surface area (Å²) in [6.07, 6.45) is -2.49. The van der Waals surface area contributed by atoms with Gasteiger partial charge in [0.2, 0.25) is 5.91 Å². The highest BCUT2D eigenvalue weighted by molar-refractivity contribution is 5.80. The lowest BCUT2D eigenvalue weighted by Gasteiger charge is -2.23. The second kappa shape index (κ2) is 10.3. The van der Waals surface area contributed by atoms with E-state index >= 15 is 0 Å². The van der Waals surface area contributed by atoms with E-state index in [1.807, 2.05) is 33.8 Å². The number of anilines is 1. The molecular weight excluding hydrogens is 397 g/mol. The number of benzene rings is 1. The third-order valence-electron chi connectivity index (χ3n) is 4.75. The zero-order chi connectivity index (χ0) is 22.4. The number of rotatable bonds is 7. The number of amides is 1. The third kappa shape index (κ3) is 8.36. The van der Waals surface area contributed by atoms with Crippen molar-refractivity contribution in [1.82, 2.24) is 5.32 Å². The van der Waals surface area contributed by atoms with Gasteiger partial charge in [-0.25, -0.2) is 0 Å². The van der Waals surface area contributed by atoms with Gasteiger partial charge >= 0.3 is 6.18 Å². The molecule has 8 heteroatoms. The minimum atomic E-state index is -4.30. The summed E-state index contributed by atoms with van der Waals surface area (Å²) >= 11 is 0. The predicted molar refractivity (Wildman–Crippen MR) is 112 cm³/mol. The number of ether oxygens (including phenoxy) is 2. The lowest BCUT2D eigenvalue weighted by Crippen LogP contribution is -2.39. The minimum absolute atomic E-state index is 0.140. The number of hydrogen-bond donors (Lipinski definition) is 2. The maximum Gasteiger partial charge on any atom is 0.405 e. The van der Waals surface area contributed by atoms with Crippen molar-refractivity contribution < 1.29 is 27.4 Å². The van der Waals surface area contributed by atoms with Gasteiger partial charge in [-0.1, -0.05) is 32.9 Å². The van der Waals surface area contributed by atoms with Crippen LogP contribution in [0.5, 0.6) is 0 Å². The lowest BCUT2D eigenvalue weighted by atomic mass is 9.85. The molecule has 1 fully saturated rings. The first-order valence-electron chi connectivity index (χ1n) is 10.0. The van der Waals surface area contributed by atoms with Crippen LogP contribution in [-0.4, -0.2) is 51.1 Å². The zero-order valence-electron chi connectivity index (χ0n) is 18.0. The van der Waals surface area contributed by atoms with Gasteiger partial charge in [-0.05, 0) is 41.2 Å². The van der Waals surface area contributed by atoms with Crippen molar-refractivity contribution in [2.24, 2.45) is 0 Å². The predicted octanol–water partition coefficient (Wildman–Crippen LogP) is 4.28. The fraction of sp³-hybridized carbons (Fsp3) is 0.591.